The first kappa shape index (κ1) is 27.2. The van der Waals surface area contributed by atoms with Crippen LogP contribution in [-0.4, -0.2) is 78.1 Å². The minimum Gasteiger partial charge on any atom is -0.388 e. The molecule has 0 radical (unpaired) electrons. The van der Waals surface area contributed by atoms with Gasteiger partial charge >= 0.3 is 6.18 Å². The second-order valence-corrected chi connectivity index (χ2v) is 10.9. The number of fused-ring (bicyclic) bond motifs is 1. The van der Waals surface area contributed by atoms with Gasteiger partial charge in [0.15, 0.2) is 6.17 Å². The molecule has 5 rings (SSSR count). The Morgan fingerprint density at radius 1 is 1.26 bits per heavy atom. The van der Waals surface area contributed by atoms with Gasteiger partial charge < -0.3 is 19.6 Å². The number of amides is 1. The predicted molar refractivity (Wildman–Crippen MR) is 136 cm³/mol. The molecule has 0 spiro atoms. The van der Waals surface area contributed by atoms with Crippen molar-refractivity contribution in [2.45, 2.75) is 43.4 Å². The van der Waals surface area contributed by atoms with E-state index in [1.165, 1.54) is 18.0 Å². The highest BCUT2D eigenvalue weighted by atomic mass is 19.4. The number of hydrogen-bond acceptors (Lipinski definition) is 6. The number of nitrogens with one attached hydrogen (secondary N) is 2. The molecule has 3 aliphatic heterocycles. The van der Waals surface area contributed by atoms with E-state index < -0.39 is 40.7 Å². The van der Waals surface area contributed by atoms with E-state index in [1.807, 2.05) is 4.90 Å². The van der Waals surface area contributed by atoms with Gasteiger partial charge in [-0.15, -0.1) is 0 Å². The largest absolute Gasteiger partial charge is 0.416 e. The molecule has 0 aromatic heterocycles. The molecule has 1 atom stereocenters. The summed E-state index contributed by atoms with van der Waals surface area (Å²) in [5.41, 5.74) is -2.02. The molecule has 8 nitrogen and oxygen atoms in total. The van der Waals surface area contributed by atoms with Crippen LogP contribution in [0.2, 0.25) is 0 Å². The zero-order valence-electron chi connectivity index (χ0n) is 21.5. The maximum absolute atomic E-state index is 15.6. The molecule has 0 bridgehead atoms. The van der Waals surface area contributed by atoms with Gasteiger partial charge in [-0.3, -0.25) is 20.5 Å². The third-order valence-corrected chi connectivity index (χ3v) is 7.69. The number of hydrogen-bond donors (Lipinski definition) is 3. The number of ether oxygens (including phenoxy) is 1. The highest BCUT2D eigenvalue weighted by Gasteiger charge is 2.51. The van der Waals surface area contributed by atoms with Gasteiger partial charge in [-0.1, -0.05) is 12.1 Å². The zero-order valence-corrected chi connectivity index (χ0v) is 21.5. The van der Waals surface area contributed by atoms with E-state index in [0.717, 1.165) is 17.3 Å². The van der Waals surface area contributed by atoms with E-state index in [0.29, 0.717) is 29.9 Å². The summed E-state index contributed by atoms with van der Waals surface area (Å²) in [6, 6.07) is 8.94. The van der Waals surface area contributed by atoms with Crippen molar-refractivity contribution >= 4 is 23.8 Å². The maximum atomic E-state index is 15.6. The first-order valence-corrected chi connectivity index (χ1v) is 12.4. The van der Waals surface area contributed by atoms with Crippen LogP contribution >= 0.6 is 0 Å². The van der Waals surface area contributed by atoms with Crippen molar-refractivity contribution < 1.29 is 32.2 Å². The van der Waals surface area contributed by atoms with Gasteiger partial charge in [-0.05, 0) is 47.9 Å². The summed E-state index contributed by atoms with van der Waals surface area (Å²) in [7, 11) is 1.39. The number of alkyl halides is 4. The normalized spacial score (nSPS) is 20.6. The van der Waals surface area contributed by atoms with Crippen LogP contribution in [0.5, 0.6) is 0 Å². The van der Waals surface area contributed by atoms with Crippen LogP contribution in [0.15, 0.2) is 36.4 Å². The quantitative estimate of drug-likeness (QED) is 0.280. The van der Waals surface area contributed by atoms with Crippen LogP contribution in [0.25, 0.3) is 0 Å². The van der Waals surface area contributed by atoms with E-state index in [9.17, 15) is 23.1 Å². The van der Waals surface area contributed by atoms with E-state index in [1.54, 1.807) is 31.2 Å². The Morgan fingerprint density at radius 3 is 2.51 bits per heavy atom. The lowest BCUT2D eigenvalue weighted by Gasteiger charge is -2.45. The topological polar surface area (TPSA) is 104 Å². The smallest absolute Gasteiger partial charge is 0.388 e. The third-order valence-electron chi connectivity index (χ3n) is 7.69. The number of halogens is 4. The summed E-state index contributed by atoms with van der Waals surface area (Å²) in [6.45, 7) is 2.14. The Morgan fingerprint density at radius 2 is 1.95 bits per heavy atom. The van der Waals surface area contributed by atoms with Crippen LogP contribution in [0.1, 0.15) is 39.5 Å². The Balaban J connectivity index is 1.46. The standard InChI is InChI=1S/C27H29F4N5O3/c1-25(38)11-35(12-25)9-16-6-19-20(21(7-16)27(29,30)31)10-36(24(19)37)18-5-3-4-17(8-18)26(13-39-14-26)22(28)23(33)34(2)15-32/h3-8,15,22,32-33,38H,9-14H2,1-2H3. The second kappa shape index (κ2) is 9.39. The van der Waals surface area contributed by atoms with E-state index >= 15 is 4.39 Å². The molecular weight excluding hydrogens is 518 g/mol. The number of rotatable bonds is 7. The Labute approximate surface area is 222 Å². The summed E-state index contributed by atoms with van der Waals surface area (Å²) in [4.78, 5) is 17.6. The number of amidine groups is 1. The Bertz CT molecular complexity index is 1330. The van der Waals surface area contributed by atoms with Crippen molar-refractivity contribution in [2.75, 3.05) is 38.3 Å². The van der Waals surface area contributed by atoms with Crippen LogP contribution in [-0.2, 0) is 29.4 Å². The molecule has 3 N–H and O–H groups in total. The lowest BCUT2D eigenvalue weighted by molar-refractivity contribution is -0.138. The van der Waals surface area contributed by atoms with Crippen molar-refractivity contribution in [3.8, 4) is 0 Å². The van der Waals surface area contributed by atoms with Crippen molar-refractivity contribution in [2.24, 2.45) is 0 Å². The summed E-state index contributed by atoms with van der Waals surface area (Å²) >= 11 is 0. The second-order valence-electron chi connectivity index (χ2n) is 10.9. The molecule has 2 aromatic rings. The Kier molecular flexibility index (Phi) is 6.55. The van der Waals surface area contributed by atoms with Crippen molar-refractivity contribution in [1.29, 1.82) is 10.8 Å². The first-order valence-electron chi connectivity index (χ1n) is 12.4. The van der Waals surface area contributed by atoms with Crippen LogP contribution < -0.4 is 4.90 Å². The van der Waals surface area contributed by atoms with Crippen molar-refractivity contribution in [3.63, 3.8) is 0 Å². The lowest BCUT2D eigenvalue weighted by Crippen LogP contribution is -2.59. The number of likely N-dealkylation sites (tertiary alicyclic amines) is 1. The number of carbonyl (C=O) groups is 1. The van der Waals surface area contributed by atoms with Gasteiger partial charge in [0.2, 0.25) is 0 Å². The lowest BCUT2D eigenvalue weighted by atomic mass is 9.73. The molecule has 2 aromatic carbocycles. The van der Waals surface area contributed by atoms with Gasteiger partial charge in [0.05, 0.1) is 42.7 Å². The monoisotopic (exact) mass is 547 g/mol. The van der Waals surface area contributed by atoms with E-state index in [4.69, 9.17) is 15.6 Å². The highest BCUT2D eigenvalue weighted by molar-refractivity contribution is 6.10. The van der Waals surface area contributed by atoms with E-state index in [2.05, 4.69) is 0 Å². The summed E-state index contributed by atoms with van der Waals surface area (Å²) in [6.07, 6.45) is -5.65. The van der Waals surface area contributed by atoms with Gasteiger partial charge in [-0.25, -0.2) is 4.39 Å². The number of benzene rings is 2. The molecule has 1 unspecified atom stereocenters. The van der Waals surface area contributed by atoms with Crippen molar-refractivity contribution in [3.05, 3.63) is 64.2 Å². The molecule has 3 aliphatic rings. The van der Waals surface area contributed by atoms with Gasteiger partial charge in [0.25, 0.3) is 5.91 Å². The number of carbonyl (C=O) groups excluding carboxylic acids is 1. The third kappa shape index (κ3) is 4.70. The fraction of sp³-hybridized carbons (Fsp3) is 0.444. The average molecular weight is 548 g/mol. The maximum Gasteiger partial charge on any atom is 0.416 e. The number of aliphatic hydroxyl groups is 1. The van der Waals surface area contributed by atoms with Crippen LogP contribution in [0.4, 0.5) is 23.2 Å². The molecule has 39 heavy (non-hydrogen) atoms. The number of β-amino-alcohol motifs (C(OH)–C–C–N with tert-alkyl or cyclic N) is 1. The number of nitrogens with zero attached hydrogens (tertiary/aromatic N) is 3. The Hall–Kier alpha value is -3.35. The molecule has 2 fully saturated rings. The fourth-order valence-corrected chi connectivity index (χ4v) is 5.58. The summed E-state index contributed by atoms with van der Waals surface area (Å²) in [5, 5.41) is 25.4. The SMILES string of the molecule is CN(C=N)C(=N)C(F)C1(c2cccc(N3Cc4c(cc(CN5CC(C)(O)C5)cc4C(F)(F)F)C3=O)c2)COC1. The molecule has 0 saturated carbocycles. The molecule has 0 aliphatic carbocycles. The molecule has 3 heterocycles. The zero-order chi connectivity index (χ0) is 28.3. The molecular formula is C27H29F4N5O3. The molecule has 2 saturated heterocycles. The minimum absolute atomic E-state index is 0.0228. The molecule has 1 amide bonds. The van der Waals surface area contributed by atoms with Crippen molar-refractivity contribution in [1.82, 2.24) is 9.80 Å². The van der Waals surface area contributed by atoms with Gasteiger partial charge in [0.1, 0.15) is 5.84 Å². The van der Waals surface area contributed by atoms with E-state index in [-0.39, 0.29) is 37.4 Å². The molecule has 12 heteroatoms. The highest BCUT2D eigenvalue weighted by Crippen LogP contribution is 2.43. The van der Waals surface area contributed by atoms with Crippen LogP contribution in [0, 0.1) is 10.8 Å². The summed E-state index contributed by atoms with van der Waals surface area (Å²) in [5.74, 6) is -1.01. The minimum atomic E-state index is -4.67. The number of anilines is 1. The van der Waals surface area contributed by atoms with Gasteiger partial charge in [0, 0.05) is 37.9 Å². The summed E-state index contributed by atoms with van der Waals surface area (Å²) < 4.78 is 63.1. The first-order chi connectivity index (χ1) is 18.3. The van der Waals surface area contributed by atoms with Crippen LogP contribution in [0.3, 0.4) is 0 Å². The fourth-order valence-electron chi connectivity index (χ4n) is 5.58. The average Bonchev–Trinajstić information content (AvgIpc) is 3.16. The molecule has 208 valence electrons. The van der Waals surface area contributed by atoms with Gasteiger partial charge in [-0.2, -0.15) is 13.2 Å². The predicted octanol–water partition coefficient (Wildman–Crippen LogP) is 3.55.